The Labute approximate surface area is 149 Å². The van der Waals surface area contributed by atoms with Gasteiger partial charge in [0.1, 0.15) is 18.0 Å². The Hall–Kier alpha value is -1.85. The highest BCUT2D eigenvalue weighted by Crippen LogP contribution is 2.25. The van der Waals surface area contributed by atoms with Gasteiger partial charge in [-0.15, -0.1) is 0 Å². The van der Waals surface area contributed by atoms with E-state index in [1.165, 1.54) is 0 Å². The van der Waals surface area contributed by atoms with E-state index in [9.17, 15) is 5.11 Å². The fraction of sp³-hybridized carbons (Fsp3) is 0.550. The quantitative estimate of drug-likeness (QED) is 0.839. The van der Waals surface area contributed by atoms with Crippen molar-refractivity contribution in [3.05, 3.63) is 47.3 Å². The highest BCUT2D eigenvalue weighted by atomic mass is 16.5. The van der Waals surface area contributed by atoms with E-state index in [0.29, 0.717) is 12.5 Å². The molecule has 1 saturated carbocycles. The molecular formula is C20H28N2O3. The molecule has 1 aromatic carbocycles. The van der Waals surface area contributed by atoms with Crippen LogP contribution in [0.3, 0.4) is 0 Å². The molecule has 5 nitrogen and oxygen atoms in total. The zero-order chi connectivity index (χ0) is 17.8. The van der Waals surface area contributed by atoms with Crippen LogP contribution >= 0.6 is 0 Å². The summed E-state index contributed by atoms with van der Waals surface area (Å²) in [6.07, 6.45) is 2.10. The van der Waals surface area contributed by atoms with E-state index in [1.54, 1.807) is 0 Å². The van der Waals surface area contributed by atoms with Crippen molar-refractivity contribution in [1.82, 2.24) is 10.5 Å². The van der Waals surface area contributed by atoms with Crippen molar-refractivity contribution < 1.29 is 14.4 Å². The van der Waals surface area contributed by atoms with Gasteiger partial charge in [0.15, 0.2) is 5.76 Å². The Kier molecular flexibility index (Phi) is 5.76. The Morgan fingerprint density at radius 2 is 2.16 bits per heavy atom. The maximum atomic E-state index is 10.7. The topological polar surface area (TPSA) is 67.5 Å². The first-order valence-corrected chi connectivity index (χ1v) is 9.13. The highest BCUT2D eigenvalue weighted by Gasteiger charge is 2.33. The van der Waals surface area contributed by atoms with Gasteiger partial charge in [0.25, 0.3) is 0 Å². The molecule has 1 aliphatic carbocycles. The van der Waals surface area contributed by atoms with Gasteiger partial charge in [-0.2, -0.15) is 0 Å². The predicted octanol–water partition coefficient (Wildman–Crippen LogP) is 3.56. The molecule has 25 heavy (non-hydrogen) atoms. The third-order valence-electron chi connectivity index (χ3n) is 4.78. The molecule has 0 aliphatic heterocycles. The number of rotatable bonds is 6. The minimum absolute atomic E-state index is 0.00356. The molecule has 1 fully saturated rings. The molecule has 0 unspecified atom stereocenters. The molecule has 0 spiro atoms. The molecule has 3 atom stereocenters. The van der Waals surface area contributed by atoms with Gasteiger partial charge in [-0.25, -0.2) is 0 Å². The Bertz CT molecular complexity index is 683. The maximum absolute atomic E-state index is 10.7. The fourth-order valence-corrected chi connectivity index (χ4v) is 3.27. The van der Waals surface area contributed by atoms with E-state index in [0.717, 1.165) is 42.0 Å². The molecule has 5 heteroatoms. The standard InChI is InChI=1S/C20H28N2O3/c1-13(2)18-11-16(25-22-18)12-21-17-8-5-9-19(20(17)23)24-15-7-4-6-14(3)10-15/h4,6-7,10-11,13,17,19-21,23H,5,8-9,12H2,1-3H3/t17-,19+,20+/m0/s1. The van der Waals surface area contributed by atoms with Gasteiger partial charge in [0, 0.05) is 12.1 Å². The third-order valence-corrected chi connectivity index (χ3v) is 4.78. The van der Waals surface area contributed by atoms with Crippen molar-refractivity contribution in [2.24, 2.45) is 0 Å². The SMILES string of the molecule is Cc1cccc(O[C@@H]2CCC[C@H](NCc3cc(C(C)C)no3)[C@H]2O)c1. The maximum Gasteiger partial charge on any atom is 0.150 e. The molecule has 136 valence electrons. The number of aliphatic hydroxyl groups is 1. The molecule has 1 aromatic heterocycles. The number of benzene rings is 1. The van der Waals surface area contributed by atoms with Crippen LogP contribution in [0.25, 0.3) is 0 Å². The van der Waals surface area contributed by atoms with Gasteiger partial charge in [-0.1, -0.05) is 31.1 Å². The van der Waals surface area contributed by atoms with Crippen molar-refractivity contribution in [3.8, 4) is 5.75 Å². The number of ether oxygens (including phenoxy) is 1. The minimum Gasteiger partial charge on any atom is -0.488 e. The number of nitrogens with zero attached hydrogens (tertiary/aromatic N) is 1. The summed E-state index contributed by atoms with van der Waals surface area (Å²) in [5, 5.41) is 18.2. The summed E-state index contributed by atoms with van der Waals surface area (Å²) in [4.78, 5) is 0. The monoisotopic (exact) mass is 344 g/mol. The molecule has 3 rings (SSSR count). The normalized spacial score (nSPS) is 23.8. The largest absolute Gasteiger partial charge is 0.488 e. The molecule has 0 saturated heterocycles. The van der Waals surface area contributed by atoms with Crippen LogP contribution in [0.1, 0.15) is 56.0 Å². The van der Waals surface area contributed by atoms with Crippen molar-refractivity contribution in [2.45, 2.75) is 70.7 Å². The lowest BCUT2D eigenvalue weighted by molar-refractivity contribution is -0.0162. The van der Waals surface area contributed by atoms with Crippen LogP contribution in [0.4, 0.5) is 0 Å². The fourth-order valence-electron chi connectivity index (χ4n) is 3.27. The van der Waals surface area contributed by atoms with Crippen LogP contribution in [0.2, 0.25) is 0 Å². The minimum atomic E-state index is -0.540. The van der Waals surface area contributed by atoms with Crippen molar-refractivity contribution in [3.63, 3.8) is 0 Å². The van der Waals surface area contributed by atoms with Gasteiger partial charge >= 0.3 is 0 Å². The molecule has 0 amide bonds. The lowest BCUT2D eigenvalue weighted by atomic mass is 9.89. The van der Waals surface area contributed by atoms with Crippen molar-refractivity contribution in [1.29, 1.82) is 0 Å². The van der Waals surface area contributed by atoms with Gasteiger partial charge in [-0.05, 0) is 49.8 Å². The first-order valence-electron chi connectivity index (χ1n) is 9.13. The van der Waals surface area contributed by atoms with Crippen LogP contribution in [0.5, 0.6) is 5.75 Å². The molecule has 1 heterocycles. The smallest absolute Gasteiger partial charge is 0.150 e. The summed E-state index contributed by atoms with van der Waals surface area (Å²) in [6.45, 7) is 6.79. The zero-order valence-electron chi connectivity index (χ0n) is 15.2. The van der Waals surface area contributed by atoms with Gasteiger partial charge in [-0.3, -0.25) is 0 Å². The average Bonchev–Trinajstić information content (AvgIpc) is 3.05. The third kappa shape index (κ3) is 4.61. The second kappa shape index (κ2) is 8.02. The predicted molar refractivity (Wildman–Crippen MR) is 96.7 cm³/mol. The van der Waals surface area contributed by atoms with E-state index in [4.69, 9.17) is 9.26 Å². The second-order valence-electron chi connectivity index (χ2n) is 7.25. The number of aromatic nitrogens is 1. The van der Waals surface area contributed by atoms with Crippen LogP contribution < -0.4 is 10.1 Å². The Morgan fingerprint density at radius 3 is 2.88 bits per heavy atom. The zero-order valence-corrected chi connectivity index (χ0v) is 15.2. The summed E-state index contributed by atoms with van der Waals surface area (Å²) >= 11 is 0. The molecule has 1 aliphatic rings. The van der Waals surface area contributed by atoms with Gasteiger partial charge in [0.05, 0.1) is 12.2 Å². The second-order valence-corrected chi connectivity index (χ2v) is 7.25. The summed E-state index contributed by atoms with van der Waals surface area (Å²) in [6, 6.07) is 9.94. The first-order chi connectivity index (χ1) is 12.0. The van der Waals surface area contributed by atoms with Gasteiger partial charge < -0.3 is 19.7 Å². The summed E-state index contributed by atoms with van der Waals surface area (Å²) in [7, 11) is 0. The number of aliphatic hydroxyl groups excluding tert-OH is 1. The summed E-state index contributed by atoms with van der Waals surface area (Å²) in [5.41, 5.74) is 2.12. The van der Waals surface area contributed by atoms with E-state index in [2.05, 4.69) is 24.3 Å². The highest BCUT2D eigenvalue weighted by molar-refractivity contribution is 5.27. The summed E-state index contributed by atoms with van der Waals surface area (Å²) in [5.74, 6) is 1.98. The molecular weight excluding hydrogens is 316 g/mol. The Morgan fingerprint density at radius 1 is 1.32 bits per heavy atom. The first kappa shape index (κ1) is 18.0. The van der Waals surface area contributed by atoms with E-state index < -0.39 is 6.10 Å². The Balaban J connectivity index is 1.56. The molecule has 0 radical (unpaired) electrons. The van der Waals surface area contributed by atoms with E-state index in [1.807, 2.05) is 37.3 Å². The van der Waals surface area contributed by atoms with Crippen LogP contribution in [-0.2, 0) is 6.54 Å². The van der Waals surface area contributed by atoms with Crippen LogP contribution in [-0.4, -0.2) is 28.5 Å². The molecule has 0 bridgehead atoms. The number of aryl methyl sites for hydroxylation is 1. The number of hydrogen-bond donors (Lipinski definition) is 2. The number of nitrogens with one attached hydrogen (secondary N) is 1. The number of hydrogen-bond acceptors (Lipinski definition) is 5. The van der Waals surface area contributed by atoms with Crippen LogP contribution in [0.15, 0.2) is 34.9 Å². The lowest BCUT2D eigenvalue weighted by Crippen LogP contribution is -2.50. The molecule has 2 N–H and O–H groups in total. The van der Waals surface area contributed by atoms with Crippen molar-refractivity contribution >= 4 is 0 Å². The van der Waals surface area contributed by atoms with E-state index in [-0.39, 0.29) is 12.1 Å². The lowest BCUT2D eigenvalue weighted by Gasteiger charge is -2.35. The van der Waals surface area contributed by atoms with Gasteiger partial charge in [0.2, 0.25) is 0 Å². The van der Waals surface area contributed by atoms with Crippen LogP contribution in [0, 0.1) is 6.92 Å². The summed E-state index contributed by atoms with van der Waals surface area (Å²) < 4.78 is 11.4. The van der Waals surface area contributed by atoms with Crippen molar-refractivity contribution in [2.75, 3.05) is 0 Å². The average molecular weight is 344 g/mol. The molecule has 2 aromatic rings. The van der Waals surface area contributed by atoms with E-state index >= 15 is 0 Å².